The maximum atomic E-state index is 11.4. The molecule has 96 valence electrons. The number of benzene rings is 2. The van der Waals surface area contributed by atoms with Gasteiger partial charge in [-0.25, -0.2) is 4.79 Å². The van der Waals surface area contributed by atoms with Crippen molar-refractivity contribution in [3.05, 3.63) is 48.5 Å². The molecule has 4 heteroatoms. The molecular formula is C15H12O4. The van der Waals surface area contributed by atoms with E-state index in [9.17, 15) is 4.79 Å². The van der Waals surface area contributed by atoms with Crippen LogP contribution in [0.15, 0.2) is 48.5 Å². The zero-order valence-electron chi connectivity index (χ0n) is 10.3. The number of esters is 1. The van der Waals surface area contributed by atoms with Crippen LogP contribution in [0, 0.1) is 0 Å². The summed E-state index contributed by atoms with van der Waals surface area (Å²) in [5, 5.41) is 0. The monoisotopic (exact) mass is 256 g/mol. The van der Waals surface area contributed by atoms with E-state index in [1.54, 1.807) is 6.07 Å². The first-order chi connectivity index (χ1) is 9.28. The molecule has 1 aliphatic rings. The Morgan fingerprint density at radius 3 is 2.47 bits per heavy atom. The van der Waals surface area contributed by atoms with Crippen molar-refractivity contribution in [2.45, 2.75) is 6.29 Å². The summed E-state index contributed by atoms with van der Waals surface area (Å²) in [7, 11) is 1.30. The van der Waals surface area contributed by atoms with Crippen molar-refractivity contribution < 1.29 is 19.0 Å². The lowest BCUT2D eigenvalue weighted by Gasteiger charge is -2.06. The van der Waals surface area contributed by atoms with Crippen molar-refractivity contribution in [1.82, 2.24) is 0 Å². The van der Waals surface area contributed by atoms with Gasteiger partial charge in [-0.15, -0.1) is 0 Å². The summed E-state index contributed by atoms with van der Waals surface area (Å²) in [4.78, 5) is 11.4. The van der Waals surface area contributed by atoms with Crippen LogP contribution in [0.25, 0.3) is 11.1 Å². The molecule has 4 nitrogen and oxygen atoms in total. The molecule has 0 radical (unpaired) electrons. The first kappa shape index (κ1) is 11.6. The van der Waals surface area contributed by atoms with E-state index in [2.05, 4.69) is 4.74 Å². The first-order valence-electron chi connectivity index (χ1n) is 5.88. The van der Waals surface area contributed by atoms with Crippen LogP contribution in [0.3, 0.4) is 0 Å². The van der Waals surface area contributed by atoms with E-state index in [0.29, 0.717) is 11.5 Å². The van der Waals surface area contributed by atoms with Crippen LogP contribution in [0.2, 0.25) is 0 Å². The third-order valence-corrected chi connectivity index (χ3v) is 2.91. The summed E-state index contributed by atoms with van der Waals surface area (Å²) in [6.45, 7) is 0. The van der Waals surface area contributed by atoms with Crippen molar-refractivity contribution >= 4 is 5.97 Å². The molecule has 0 amide bonds. The summed E-state index contributed by atoms with van der Waals surface area (Å²) >= 11 is 0. The highest BCUT2D eigenvalue weighted by Crippen LogP contribution is 2.38. The van der Waals surface area contributed by atoms with Crippen LogP contribution in [-0.2, 0) is 9.53 Å². The molecule has 0 spiro atoms. The van der Waals surface area contributed by atoms with E-state index in [4.69, 9.17) is 9.47 Å². The predicted octanol–water partition coefficient (Wildman–Crippen LogP) is 2.62. The molecule has 1 heterocycles. The molecule has 3 rings (SSSR count). The Bertz CT molecular complexity index is 607. The molecule has 19 heavy (non-hydrogen) atoms. The summed E-state index contributed by atoms with van der Waals surface area (Å²) in [6, 6.07) is 15.5. The zero-order chi connectivity index (χ0) is 13.2. The Balaban J connectivity index is 1.90. The van der Waals surface area contributed by atoms with E-state index in [0.717, 1.165) is 11.1 Å². The van der Waals surface area contributed by atoms with Gasteiger partial charge in [0, 0.05) is 0 Å². The second-order valence-corrected chi connectivity index (χ2v) is 4.12. The summed E-state index contributed by atoms with van der Waals surface area (Å²) in [5.41, 5.74) is 2.09. The number of hydrogen-bond acceptors (Lipinski definition) is 4. The minimum Gasteiger partial charge on any atom is -0.463 e. The van der Waals surface area contributed by atoms with Gasteiger partial charge in [-0.1, -0.05) is 36.4 Å². The summed E-state index contributed by atoms with van der Waals surface area (Å²) in [5.74, 6) is 0.560. The SMILES string of the molecule is COC(=O)[C@H]1Oc2ccc(-c3ccccc3)cc2O1. The number of carbonyl (C=O) groups excluding carboxylic acids is 1. The Morgan fingerprint density at radius 1 is 1.00 bits per heavy atom. The molecule has 1 aliphatic heterocycles. The number of hydrogen-bond donors (Lipinski definition) is 0. The normalized spacial score (nSPS) is 16.2. The number of ether oxygens (including phenoxy) is 3. The van der Waals surface area contributed by atoms with E-state index in [1.165, 1.54) is 7.11 Å². The topological polar surface area (TPSA) is 44.8 Å². The van der Waals surface area contributed by atoms with Crippen LogP contribution in [0.4, 0.5) is 0 Å². The lowest BCUT2D eigenvalue weighted by molar-refractivity contribution is -0.158. The summed E-state index contributed by atoms with van der Waals surface area (Å²) in [6.07, 6.45) is -1.01. The maximum Gasteiger partial charge on any atom is 0.389 e. The molecule has 0 saturated carbocycles. The minimum absolute atomic E-state index is 0.544. The average Bonchev–Trinajstić information content (AvgIpc) is 2.90. The predicted molar refractivity (Wildman–Crippen MR) is 68.9 cm³/mol. The molecule has 0 N–H and O–H groups in total. The van der Waals surface area contributed by atoms with Crippen LogP contribution in [-0.4, -0.2) is 19.4 Å². The molecule has 0 fully saturated rings. The number of carbonyl (C=O) groups is 1. The Labute approximate surface area is 110 Å². The van der Waals surface area contributed by atoms with Gasteiger partial charge in [-0.3, -0.25) is 0 Å². The highest BCUT2D eigenvalue weighted by Gasteiger charge is 2.31. The molecular weight excluding hydrogens is 244 g/mol. The van der Waals surface area contributed by atoms with Gasteiger partial charge in [0.05, 0.1) is 7.11 Å². The number of fused-ring (bicyclic) bond motifs is 1. The lowest BCUT2D eigenvalue weighted by atomic mass is 10.1. The van der Waals surface area contributed by atoms with Crippen molar-refractivity contribution in [2.24, 2.45) is 0 Å². The molecule has 0 unspecified atom stereocenters. The quantitative estimate of drug-likeness (QED) is 0.775. The standard InChI is InChI=1S/C15H12O4/c1-17-14(16)15-18-12-8-7-11(9-13(12)19-15)10-5-3-2-4-6-10/h2-9,15H,1H3/t15-/m0/s1. The highest BCUT2D eigenvalue weighted by molar-refractivity contribution is 5.76. The Morgan fingerprint density at radius 2 is 1.74 bits per heavy atom. The van der Waals surface area contributed by atoms with Crippen molar-refractivity contribution in [3.8, 4) is 22.6 Å². The number of rotatable bonds is 2. The van der Waals surface area contributed by atoms with Gasteiger partial charge in [0.25, 0.3) is 0 Å². The molecule has 0 saturated heterocycles. The Hall–Kier alpha value is -2.49. The molecule has 0 aromatic heterocycles. The van der Waals surface area contributed by atoms with Crippen LogP contribution in [0.1, 0.15) is 0 Å². The average molecular weight is 256 g/mol. The van der Waals surface area contributed by atoms with Gasteiger partial charge in [0.2, 0.25) is 0 Å². The molecule has 2 aromatic rings. The Kier molecular flexibility index (Phi) is 2.83. The molecule has 2 aromatic carbocycles. The van der Waals surface area contributed by atoms with E-state index in [1.807, 2.05) is 42.5 Å². The maximum absolute atomic E-state index is 11.4. The third kappa shape index (κ3) is 2.12. The van der Waals surface area contributed by atoms with Gasteiger partial charge in [0.1, 0.15) is 0 Å². The van der Waals surface area contributed by atoms with Gasteiger partial charge < -0.3 is 14.2 Å². The fourth-order valence-electron chi connectivity index (χ4n) is 1.95. The minimum atomic E-state index is -1.01. The van der Waals surface area contributed by atoms with Crippen LogP contribution < -0.4 is 9.47 Å². The third-order valence-electron chi connectivity index (χ3n) is 2.91. The van der Waals surface area contributed by atoms with Gasteiger partial charge in [-0.05, 0) is 23.3 Å². The van der Waals surface area contributed by atoms with Gasteiger partial charge in [-0.2, -0.15) is 0 Å². The van der Waals surface area contributed by atoms with Crippen molar-refractivity contribution in [1.29, 1.82) is 0 Å². The second kappa shape index (κ2) is 4.65. The number of methoxy groups -OCH3 is 1. The smallest absolute Gasteiger partial charge is 0.389 e. The van der Waals surface area contributed by atoms with Crippen LogP contribution >= 0.6 is 0 Å². The highest BCUT2D eigenvalue weighted by atomic mass is 16.7. The van der Waals surface area contributed by atoms with E-state index >= 15 is 0 Å². The lowest BCUT2D eigenvalue weighted by Crippen LogP contribution is -2.30. The second-order valence-electron chi connectivity index (χ2n) is 4.12. The van der Waals surface area contributed by atoms with Crippen LogP contribution in [0.5, 0.6) is 11.5 Å². The molecule has 0 bridgehead atoms. The first-order valence-corrected chi connectivity index (χ1v) is 5.88. The molecule has 0 aliphatic carbocycles. The van der Waals surface area contributed by atoms with Crippen molar-refractivity contribution in [3.63, 3.8) is 0 Å². The summed E-state index contributed by atoms with van der Waals surface area (Å²) < 4.78 is 15.4. The van der Waals surface area contributed by atoms with Crippen molar-refractivity contribution in [2.75, 3.05) is 7.11 Å². The van der Waals surface area contributed by atoms with Gasteiger partial charge in [0.15, 0.2) is 11.5 Å². The zero-order valence-corrected chi connectivity index (χ0v) is 10.3. The molecule has 1 atom stereocenters. The van der Waals surface area contributed by atoms with E-state index in [-0.39, 0.29) is 0 Å². The fraction of sp³-hybridized carbons (Fsp3) is 0.133. The van der Waals surface area contributed by atoms with E-state index < -0.39 is 12.3 Å². The fourth-order valence-corrected chi connectivity index (χ4v) is 1.95. The largest absolute Gasteiger partial charge is 0.463 e. The van der Waals surface area contributed by atoms with Gasteiger partial charge >= 0.3 is 12.3 Å².